The fourth-order valence-corrected chi connectivity index (χ4v) is 2.72. The predicted molar refractivity (Wildman–Crippen MR) is 80.0 cm³/mol. The van der Waals surface area contributed by atoms with Gasteiger partial charge in [0.05, 0.1) is 25.0 Å². The Bertz CT molecular complexity index is 527. The molecule has 0 unspecified atom stereocenters. The number of aromatic nitrogens is 1. The number of methoxy groups -OCH3 is 1. The maximum Gasteiger partial charge on any atom is 0.142 e. The molecular formula is C14H19N3OS. The van der Waals surface area contributed by atoms with Crippen molar-refractivity contribution in [1.29, 1.82) is 0 Å². The molecule has 0 saturated heterocycles. The van der Waals surface area contributed by atoms with Gasteiger partial charge in [0.25, 0.3) is 0 Å². The van der Waals surface area contributed by atoms with Crippen molar-refractivity contribution in [3.8, 4) is 5.75 Å². The third-order valence-corrected chi connectivity index (χ3v) is 3.72. The molecule has 0 fully saturated rings. The minimum absolute atomic E-state index is 0.778. The van der Waals surface area contributed by atoms with Gasteiger partial charge in [0, 0.05) is 19.0 Å². The minimum Gasteiger partial charge on any atom is -0.495 e. The summed E-state index contributed by atoms with van der Waals surface area (Å²) in [6.45, 7) is 1.60. The molecule has 0 atom stereocenters. The van der Waals surface area contributed by atoms with Crippen LogP contribution in [0.4, 0.5) is 5.69 Å². The van der Waals surface area contributed by atoms with Crippen molar-refractivity contribution >= 4 is 17.0 Å². The summed E-state index contributed by atoms with van der Waals surface area (Å²) in [5.74, 6) is 0.885. The Morgan fingerprint density at radius 1 is 1.37 bits per heavy atom. The van der Waals surface area contributed by atoms with E-state index in [0.29, 0.717) is 0 Å². The third-order valence-electron chi connectivity index (χ3n) is 2.82. The van der Waals surface area contributed by atoms with Gasteiger partial charge in [0.15, 0.2) is 0 Å². The van der Waals surface area contributed by atoms with Crippen LogP contribution in [-0.2, 0) is 13.1 Å². The molecule has 0 radical (unpaired) electrons. The van der Waals surface area contributed by atoms with Crippen molar-refractivity contribution in [3.05, 3.63) is 40.3 Å². The Hall–Kier alpha value is -1.59. The average molecular weight is 277 g/mol. The van der Waals surface area contributed by atoms with Gasteiger partial charge in [-0.1, -0.05) is 12.1 Å². The van der Waals surface area contributed by atoms with Gasteiger partial charge in [-0.25, -0.2) is 4.98 Å². The highest BCUT2D eigenvalue weighted by Gasteiger charge is 2.09. The molecule has 0 aliphatic heterocycles. The van der Waals surface area contributed by atoms with E-state index in [2.05, 4.69) is 33.7 Å². The Balaban J connectivity index is 2.09. The molecule has 1 aromatic heterocycles. The molecule has 0 saturated carbocycles. The first-order valence-corrected chi connectivity index (χ1v) is 7.04. The third kappa shape index (κ3) is 3.45. The summed E-state index contributed by atoms with van der Waals surface area (Å²) in [6, 6.07) is 8.02. The summed E-state index contributed by atoms with van der Waals surface area (Å²) in [5.41, 5.74) is 2.16. The number of benzene rings is 1. The topological polar surface area (TPSA) is 37.4 Å². The highest BCUT2D eigenvalue weighted by Crippen LogP contribution is 2.27. The van der Waals surface area contributed by atoms with E-state index in [1.54, 1.807) is 18.4 Å². The van der Waals surface area contributed by atoms with Crippen molar-refractivity contribution in [2.45, 2.75) is 13.1 Å². The van der Waals surface area contributed by atoms with Gasteiger partial charge in [0.1, 0.15) is 10.8 Å². The fraction of sp³-hybridized carbons (Fsp3) is 0.357. The van der Waals surface area contributed by atoms with Gasteiger partial charge in [-0.15, -0.1) is 11.3 Å². The molecule has 1 heterocycles. The maximum absolute atomic E-state index is 5.38. The predicted octanol–water partition coefficient (Wildman–Crippen LogP) is 2.51. The van der Waals surface area contributed by atoms with Crippen LogP contribution in [0.2, 0.25) is 0 Å². The van der Waals surface area contributed by atoms with Gasteiger partial charge in [-0.3, -0.25) is 0 Å². The van der Waals surface area contributed by atoms with Gasteiger partial charge < -0.3 is 15.0 Å². The van der Waals surface area contributed by atoms with Crippen LogP contribution in [0.15, 0.2) is 29.6 Å². The zero-order valence-electron chi connectivity index (χ0n) is 11.5. The monoisotopic (exact) mass is 277 g/mol. The normalized spacial score (nSPS) is 10.5. The maximum atomic E-state index is 5.38. The quantitative estimate of drug-likeness (QED) is 0.880. The van der Waals surface area contributed by atoms with Gasteiger partial charge in [0.2, 0.25) is 0 Å². The van der Waals surface area contributed by atoms with Crippen LogP contribution in [0, 0.1) is 0 Å². The first kappa shape index (κ1) is 13.8. The summed E-state index contributed by atoms with van der Waals surface area (Å²) in [4.78, 5) is 6.74. The van der Waals surface area contributed by atoms with Crippen LogP contribution in [-0.4, -0.2) is 26.2 Å². The molecule has 5 heteroatoms. The van der Waals surface area contributed by atoms with E-state index in [9.17, 15) is 0 Å². The lowest BCUT2D eigenvalue weighted by molar-refractivity contribution is 0.414. The molecular weight excluding hydrogens is 258 g/mol. The van der Waals surface area contributed by atoms with Crippen LogP contribution in [0.1, 0.15) is 10.7 Å². The number of thiazole rings is 1. The second-order valence-corrected chi connectivity index (χ2v) is 5.23. The minimum atomic E-state index is 0.778. The van der Waals surface area contributed by atoms with Gasteiger partial charge in [-0.2, -0.15) is 0 Å². The molecule has 0 bridgehead atoms. The van der Waals surface area contributed by atoms with Crippen molar-refractivity contribution < 1.29 is 4.74 Å². The largest absolute Gasteiger partial charge is 0.495 e. The first-order valence-electron chi connectivity index (χ1n) is 6.16. The van der Waals surface area contributed by atoms with Crippen LogP contribution < -0.4 is 15.0 Å². The number of nitrogens with zero attached hydrogens (tertiary/aromatic N) is 2. The van der Waals surface area contributed by atoms with E-state index in [4.69, 9.17) is 4.74 Å². The second-order valence-electron chi connectivity index (χ2n) is 4.29. The number of nitrogens with one attached hydrogen (secondary N) is 1. The summed E-state index contributed by atoms with van der Waals surface area (Å²) < 4.78 is 5.38. The lowest BCUT2D eigenvalue weighted by atomic mass is 10.2. The van der Waals surface area contributed by atoms with E-state index in [1.807, 2.05) is 25.2 Å². The fourth-order valence-electron chi connectivity index (χ4n) is 1.93. The molecule has 2 rings (SSSR count). The molecule has 0 amide bonds. The first-order chi connectivity index (χ1) is 9.24. The molecule has 2 aromatic rings. The van der Waals surface area contributed by atoms with Crippen LogP contribution in [0.5, 0.6) is 5.75 Å². The van der Waals surface area contributed by atoms with Crippen LogP contribution >= 0.6 is 11.3 Å². The Morgan fingerprint density at radius 2 is 2.16 bits per heavy atom. The van der Waals surface area contributed by atoms with E-state index in [0.717, 1.165) is 35.2 Å². The van der Waals surface area contributed by atoms with Crippen molar-refractivity contribution in [1.82, 2.24) is 10.3 Å². The van der Waals surface area contributed by atoms with Crippen molar-refractivity contribution in [3.63, 3.8) is 0 Å². The summed E-state index contributed by atoms with van der Waals surface area (Å²) in [7, 11) is 5.68. The summed E-state index contributed by atoms with van der Waals surface area (Å²) >= 11 is 1.69. The standard InChI is InChI=1S/C14H19N3OS/c1-15-8-14-16-11(10-19-14)9-17(2)12-6-4-5-7-13(12)18-3/h4-7,10,15H,8-9H2,1-3H3. The number of hydrogen-bond donors (Lipinski definition) is 1. The Labute approximate surface area is 118 Å². The van der Waals surface area contributed by atoms with Crippen molar-refractivity contribution in [2.75, 3.05) is 26.1 Å². The van der Waals surface area contributed by atoms with E-state index >= 15 is 0 Å². The second kappa shape index (κ2) is 6.54. The zero-order valence-corrected chi connectivity index (χ0v) is 12.3. The van der Waals surface area contributed by atoms with Crippen molar-refractivity contribution in [2.24, 2.45) is 0 Å². The molecule has 0 aliphatic rings. The lowest BCUT2D eigenvalue weighted by Gasteiger charge is -2.20. The smallest absolute Gasteiger partial charge is 0.142 e. The molecule has 4 nitrogen and oxygen atoms in total. The number of anilines is 1. The van der Waals surface area contributed by atoms with Crippen LogP contribution in [0.3, 0.4) is 0 Å². The number of para-hydroxylation sites is 2. The SMILES string of the molecule is CNCc1nc(CN(C)c2ccccc2OC)cs1. The Morgan fingerprint density at radius 3 is 2.89 bits per heavy atom. The van der Waals surface area contributed by atoms with Gasteiger partial charge in [-0.05, 0) is 19.2 Å². The number of rotatable bonds is 6. The molecule has 0 spiro atoms. The summed E-state index contributed by atoms with van der Waals surface area (Å²) in [5, 5.41) is 6.34. The number of hydrogen-bond acceptors (Lipinski definition) is 5. The van der Waals surface area contributed by atoms with E-state index < -0.39 is 0 Å². The number of ether oxygens (including phenoxy) is 1. The van der Waals surface area contributed by atoms with E-state index in [-0.39, 0.29) is 0 Å². The zero-order chi connectivity index (χ0) is 13.7. The Kier molecular flexibility index (Phi) is 4.76. The highest BCUT2D eigenvalue weighted by atomic mass is 32.1. The van der Waals surface area contributed by atoms with E-state index in [1.165, 1.54) is 0 Å². The molecule has 19 heavy (non-hydrogen) atoms. The lowest BCUT2D eigenvalue weighted by Crippen LogP contribution is -2.17. The average Bonchev–Trinajstić information content (AvgIpc) is 2.86. The van der Waals surface area contributed by atoms with Crippen LogP contribution in [0.25, 0.3) is 0 Å². The molecule has 1 aromatic carbocycles. The molecule has 0 aliphatic carbocycles. The molecule has 1 N–H and O–H groups in total. The summed E-state index contributed by atoms with van der Waals surface area (Å²) in [6.07, 6.45) is 0. The highest BCUT2D eigenvalue weighted by molar-refractivity contribution is 7.09. The molecule has 102 valence electrons. The van der Waals surface area contributed by atoms with Gasteiger partial charge >= 0.3 is 0 Å².